The van der Waals surface area contributed by atoms with Crippen LogP contribution in [-0.2, 0) is 29.1 Å². The molecule has 13 heteroatoms. The lowest BCUT2D eigenvalue weighted by Gasteiger charge is -2.26. The molecule has 1 saturated carbocycles. The predicted molar refractivity (Wildman–Crippen MR) is 167 cm³/mol. The zero-order valence-electron chi connectivity index (χ0n) is 25.6. The molecular weight excluding hydrogens is 576 g/mol. The summed E-state index contributed by atoms with van der Waals surface area (Å²) in [5, 5.41) is 3.10. The Kier molecular flexibility index (Phi) is 15.6. The molecule has 12 nitrogen and oxygen atoms in total. The normalized spacial score (nSPS) is 14.5. The molecule has 0 amide bonds. The van der Waals surface area contributed by atoms with E-state index in [0.29, 0.717) is 69.7 Å². The highest BCUT2D eigenvalue weighted by atomic mass is 32.2. The third-order valence-electron chi connectivity index (χ3n) is 7.61. The number of hydrogen-bond donors (Lipinski definition) is 1. The molecule has 3 rings (SSSR count). The first kappa shape index (κ1) is 35.1. The first-order chi connectivity index (χ1) is 20.8. The molecule has 1 N–H and O–H groups in total. The van der Waals surface area contributed by atoms with E-state index < -0.39 is 20.9 Å². The highest BCUT2D eigenvalue weighted by Gasteiger charge is 2.26. The summed E-state index contributed by atoms with van der Waals surface area (Å²) in [5.41, 5.74) is 0.405. The summed E-state index contributed by atoms with van der Waals surface area (Å²) in [7, 11) is -0.265. The molecule has 1 heterocycles. The number of ether oxygens (including phenoxy) is 3. The number of nitrogens with zero attached hydrogens (tertiary/aromatic N) is 3. The van der Waals surface area contributed by atoms with Crippen LogP contribution >= 0.6 is 0 Å². The van der Waals surface area contributed by atoms with Crippen molar-refractivity contribution in [3.05, 3.63) is 45.0 Å². The van der Waals surface area contributed by atoms with Crippen molar-refractivity contribution in [2.45, 2.75) is 57.8 Å². The van der Waals surface area contributed by atoms with Crippen molar-refractivity contribution >= 4 is 27.1 Å². The van der Waals surface area contributed by atoms with Crippen LogP contribution in [0.4, 0.5) is 17.1 Å². The van der Waals surface area contributed by atoms with Crippen molar-refractivity contribution in [1.82, 2.24) is 9.45 Å². The zero-order chi connectivity index (χ0) is 30.9. The van der Waals surface area contributed by atoms with Gasteiger partial charge in [-0.05, 0) is 43.7 Å². The van der Waals surface area contributed by atoms with E-state index in [2.05, 4.69) is 10.3 Å². The molecule has 1 aliphatic carbocycles. The van der Waals surface area contributed by atoms with E-state index in [1.165, 1.54) is 6.42 Å². The van der Waals surface area contributed by atoms with Gasteiger partial charge in [-0.15, -0.1) is 0 Å². The third kappa shape index (κ3) is 11.5. The van der Waals surface area contributed by atoms with E-state index in [1.807, 2.05) is 0 Å². The molecule has 2 aromatic rings. The van der Waals surface area contributed by atoms with Crippen LogP contribution in [0.5, 0.6) is 0 Å². The molecule has 0 unspecified atom stereocenters. The number of pyridine rings is 1. The molecule has 1 fully saturated rings. The van der Waals surface area contributed by atoms with Gasteiger partial charge in [0.15, 0.2) is 0 Å². The number of sulfonamides is 1. The molecule has 43 heavy (non-hydrogen) atoms. The molecule has 0 saturated heterocycles. The van der Waals surface area contributed by atoms with Crippen LogP contribution in [0.3, 0.4) is 0 Å². The quantitative estimate of drug-likeness (QED) is 0.111. The van der Waals surface area contributed by atoms with Gasteiger partial charge in [0.1, 0.15) is 11.4 Å². The molecular formula is C30H48N4O8S. The second-order valence-corrected chi connectivity index (χ2v) is 12.8. The smallest absolute Gasteiger partial charge is 0.253 e. The fourth-order valence-corrected chi connectivity index (χ4v) is 6.41. The Hall–Kier alpha value is -2.42. The van der Waals surface area contributed by atoms with E-state index >= 15 is 0 Å². The molecule has 0 bridgehead atoms. The van der Waals surface area contributed by atoms with Crippen LogP contribution in [0.2, 0.25) is 0 Å². The van der Waals surface area contributed by atoms with E-state index in [1.54, 1.807) is 43.6 Å². The first-order valence-corrected chi connectivity index (χ1v) is 16.9. The van der Waals surface area contributed by atoms with Gasteiger partial charge in [0.25, 0.3) is 10.9 Å². The average molecular weight is 625 g/mol. The molecule has 0 atom stereocenters. The van der Waals surface area contributed by atoms with Crippen LogP contribution in [-0.4, -0.2) is 90.5 Å². The number of unbranched alkanes of at least 4 members (excludes halogenated alkanes) is 3. The summed E-state index contributed by atoms with van der Waals surface area (Å²) >= 11 is 0. The summed E-state index contributed by atoms with van der Waals surface area (Å²) in [4.78, 5) is 35.9. The number of hydroxylamine groups is 1. The molecule has 0 spiro atoms. The van der Waals surface area contributed by atoms with E-state index in [4.69, 9.17) is 19.0 Å². The van der Waals surface area contributed by atoms with Gasteiger partial charge in [0, 0.05) is 38.8 Å². The van der Waals surface area contributed by atoms with E-state index in [9.17, 15) is 18.0 Å². The van der Waals surface area contributed by atoms with Crippen molar-refractivity contribution in [2.75, 3.05) is 82.9 Å². The van der Waals surface area contributed by atoms with Gasteiger partial charge in [-0.2, -0.15) is 0 Å². The number of nitrogens with one attached hydrogen (secondary N) is 1. The maximum Gasteiger partial charge on any atom is 0.253 e. The topological polar surface area (TPSA) is 137 Å². The molecule has 1 aliphatic rings. The van der Waals surface area contributed by atoms with Gasteiger partial charge in [-0.1, -0.05) is 36.6 Å². The number of rotatable bonds is 23. The van der Waals surface area contributed by atoms with Crippen molar-refractivity contribution < 1.29 is 27.5 Å². The van der Waals surface area contributed by atoms with Crippen LogP contribution in [0.15, 0.2) is 34.1 Å². The molecule has 1 aromatic heterocycles. The second-order valence-electron chi connectivity index (χ2n) is 10.8. The number of aromatic nitrogens is 1. The monoisotopic (exact) mass is 624 g/mol. The maximum atomic E-state index is 13.2. The Bertz CT molecular complexity index is 1230. The summed E-state index contributed by atoms with van der Waals surface area (Å²) in [6, 6.07) is 3.54. The highest BCUT2D eigenvalue weighted by molar-refractivity contribution is 7.88. The second kappa shape index (κ2) is 19.1. The Balaban J connectivity index is 1.39. The van der Waals surface area contributed by atoms with Crippen LogP contribution in [0.25, 0.3) is 0 Å². The Morgan fingerprint density at radius 3 is 2.30 bits per heavy atom. The maximum absolute atomic E-state index is 13.2. The fourth-order valence-electron chi connectivity index (χ4n) is 5.07. The lowest BCUT2D eigenvalue weighted by atomic mass is 9.90. The standard InChI is InChI=1S/C30H48N4O8S/c1-33(26-12-15-31-16-13-26)28-27(29(35)30(28)36)32-14-8-3-4-9-23-43(37,38)34(42-24-25-10-6-5-7-11-25)17-18-40-21-22-41-20-19-39-2/h12-13,15-16,25,32H,3-11,14,17-24H2,1-2H3. The van der Waals surface area contributed by atoms with Gasteiger partial charge in [0.05, 0.1) is 51.9 Å². The summed E-state index contributed by atoms with van der Waals surface area (Å²) in [5.74, 6) is 0.372. The van der Waals surface area contributed by atoms with Crippen LogP contribution < -0.4 is 21.1 Å². The van der Waals surface area contributed by atoms with E-state index in [0.717, 1.165) is 48.7 Å². The van der Waals surface area contributed by atoms with Gasteiger partial charge < -0.3 is 24.4 Å². The Labute approximate surface area is 255 Å². The Morgan fingerprint density at radius 1 is 0.907 bits per heavy atom. The van der Waals surface area contributed by atoms with Gasteiger partial charge >= 0.3 is 0 Å². The lowest BCUT2D eigenvalue weighted by molar-refractivity contribution is -0.112. The Morgan fingerprint density at radius 2 is 1.58 bits per heavy atom. The van der Waals surface area contributed by atoms with Gasteiger partial charge in [-0.3, -0.25) is 19.4 Å². The predicted octanol–water partition coefficient (Wildman–Crippen LogP) is 3.24. The minimum Gasteiger partial charge on any atom is -0.382 e. The number of hydrogen-bond acceptors (Lipinski definition) is 11. The van der Waals surface area contributed by atoms with E-state index in [-0.39, 0.29) is 18.9 Å². The zero-order valence-corrected chi connectivity index (χ0v) is 26.4. The minimum atomic E-state index is -3.62. The van der Waals surface area contributed by atoms with Crippen molar-refractivity contribution in [1.29, 1.82) is 0 Å². The van der Waals surface area contributed by atoms with Crippen molar-refractivity contribution in [3.8, 4) is 0 Å². The minimum absolute atomic E-state index is 0.00968. The summed E-state index contributed by atoms with van der Waals surface area (Å²) < 4.78 is 43.3. The average Bonchev–Trinajstić information content (AvgIpc) is 3.02. The highest BCUT2D eigenvalue weighted by Crippen LogP contribution is 2.26. The number of methoxy groups -OCH3 is 1. The van der Waals surface area contributed by atoms with Gasteiger partial charge in [-0.25, -0.2) is 8.42 Å². The SMILES string of the molecule is COCCOCCOCCN(OCC1CCCCC1)S(=O)(=O)CCCCCCNc1c(N(C)c2ccncc2)c(=O)c1=O. The first-order valence-electron chi connectivity index (χ1n) is 15.3. The molecule has 0 aliphatic heterocycles. The lowest BCUT2D eigenvalue weighted by Crippen LogP contribution is -2.40. The van der Waals surface area contributed by atoms with Crippen LogP contribution in [0, 0.1) is 5.92 Å². The molecule has 1 aromatic carbocycles. The largest absolute Gasteiger partial charge is 0.382 e. The summed E-state index contributed by atoms with van der Waals surface area (Å²) in [6.45, 7) is 3.06. The summed E-state index contributed by atoms with van der Waals surface area (Å²) in [6.07, 6.45) is 11.7. The molecule has 242 valence electrons. The van der Waals surface area contributed by atoms with Gasteiger partial charge in [0.2, 0.25) is 10.0 Å². The third-order valence-corrected chi connectivity index (χ3v) is 9.33. The van der Waals surface area contributed by atoms with Crippen molar-refractivity contribution in [2.24, 2.45) is 5.92 Å². The van der Waals surface area contributed by atoms with Crippen LogP contribution in [0.1, 0.15) is 57.8 Å². The molecule has 0 radical (unpaired) electrons. The number of anilines is 3. The fraction of sp³-hybridized carbons (Fsp3) is 0.700. The van der Waals surface area contributed by atoms with Crippen molar-refractivity contribution in [3.63, 3.8) is 0 Å².